The van der Waals surface area contributed by atoms with E-state index in [-0.39, 0.29) is 5.56 Å². The molecule has 0 heterocycles. The van der Waals surface area contributed by atoms with E-state index in [2.05, 4.69) is 15.9 Å². The summed E-state index contributed by atoms with van der Waals surface area (Å²) in [6.45, 7) is 3.41. The number of benzene rings is 1. The van der Waals surface area contributed by atoms with E-state index in [0.29, 0.717) is 21.3 Å². The van der Waals surface area contributed by atoms with Crippen molar-refractivity contribution in [3.05, 3.63) is 27.2 Å². The van der Waals surface area contributed by atoms with Crippen molar-refractivity contribution < 1.29 is 22.7 Å². The number of carbonyl (C=O) groups is 1. The zero-order valence-corrected chi connectivity index (χ0v) is 12.4. The number of ether oxygens (including phenoxy) is 1. The van der Waals surface area contributed by atoms with Gasteiger partial charge in [0.25, 0.3) is 0 Å². The number of hydrogen-bond acceptors (Lipinski definition) is 2. The zero-order chi connectivity index (χ0) is 14.8. The van der Waals surface area contributed by atoms with Crippen LogP contribution in [0.3, 0.4) is 0 Å². The predicted octanol–water partition coefficient (Wildman–Crippen LogP) is 4.60. The first kappa shape index (κ1) is 16.0. The Kier molecular flexibility index (Phi) is 5.01. The summed E-state index contributed by atoms with van der Waals surface area (Å²) in [7, 11) is 1.40. The first-order valence-corrected chi connectivity index (χ1v) is 6.40. The smallest absolute Gasteiger partial charge is 0.389 e. The Bertz CT molecular complexity index is 496. The van der Waals surface area contributed by atoms with Gasteiger partial charge < -0.3 is 4.74 Å². The topological polar surface area (TPSA) is 26.3 Å². The number of ketones is 1. The lowest BCUT2D eigenvalue weighted by molar-refractivity contribution is -0.133. The van der Waals surface area contributed by atoms with Gasteiger partial charge >= 0.3 is 6.18 Å². The molecule has 1 rings (SSSR count). The fourth-order valence-corrected chi connectivity index (χ4v) is 2.37. The SMILES string of the molecule is COc1c(C)cc(Br)c(C)c1C(=O)CCC(F)(F)F. The van der Waals surface area contributed by atoms with Crippen molar-refractivity contribution in [2.24, 2.45) is 0 Å². The molecule has 0 saturated carbocycles. The van der Waals surface area contributed by atoms with E-state index in [4.69, 9.17) is 4.74 Å². The molecule has 0 amide bonds. The molecule has 0 saturated heterocycles. The number of halogens is 4. The van der Waals surface area contributed by atoms with Crippen LogP contribution in [0.2, 0.25) is 0 Å². The van der Waals surface area contributed by atoms with Crippen LogP contribution >= 0.6 is 15.9 Å². The number of Topliss-reactive ketones (excluding diaryl/α,β-unsaturated/α-hetero) is 1. The van der Waals surface area contributed by atoms with Gasteiger partial charge in [0.2, 0.25) is 0 Å². The normalized spacial score (nSPS) is 11.5. The van der Waals surface area contributed by atoms with Gasteiger partial charge in [-0.05, 0) is 31.0 Å². The minimum absolute atomic E-state index is 0.221. The average Bonchev–Trinajstić information content (AvgIpc) is 2.29. The van der Waals surface area contributed by atoms with E-state index in [1.165, 1.54) is 7.11 Å². The maximum absolute atomic E-state index is 12.2. The first-order chi connectivity index (χ1) is 8.67. The van der Waals surface area contributed by atoms with Gasteiger partial charge in [-0.15, -0.1) is 0 Å². The fraction of sp³-hybridized carbons (Fsp3) is 0.462. The van der Waals surface area contributed by atoms with Crippen LogP contribution in [0.15, 0.2) is 10.5 Å². The summed E-state index contributed by atoms with van der Waals surface area (Å²) < 4.78 is 42.4. The Morgan fingerprint density at radius 1 is 1.37 bits per heavy atom. The van der Waals surface area contributed by atoms with E-state index in [1.54, 1.807) is 19.9 Å². The summed E-state index contributed by atoms with van der Waals surface area (Å²) in [6.07, 6.45) is -6.03. The van der Waals surface area contributed by atoms with Crippen LogP contribution in [-0.4, -0.2) is 19.1 Å². The largest absolute Gasteiger partial charge is 0.496 e. The standard InChI is InChI=1S/C13H14BrF3O2/c1-7-6-9(14)8(2)11(12(7)19-3)10(18)4-5-13(15,16)17/h6H,4-5H2,1-3H3. The third kappa shape index (κ3) is 3.96. The number of hydrogen-bond donors (Lipinski definition) is 0. The lowest BCUT2D eigenvalue weighted by Crippen LogP contribution is -2.13. The summed E-state index contributed by atoms with van der Waals surface area (Å²) in [5, 5.41) is 0. The quantitative estimate of drug-likeness (QED) is 0.750. The highest BCUT2D eigenvalue weighted by Gasteiger charge is 2.29. The highest BCUT2D eigenvalue weighted by Crippen LogP contribution is 2.34. The molecule has 0 aromatic heterocycles. The van der Waals surface area contributed by atoms with Crippen LogP contribution in [-0.2, 0) is 0 Å². The van der Waals surface area contributed by atoms with E-state index >= 15 is 0 Å². The molecule has 0 fully saturated rings. The minimum Gasteiger partial charge on any atom is -0.496 e. The van der Waals surface area contributed by atoms with E-state index in [9.17, 15) is 18.0 Å². The molecular formula is C13H14BrF3O2. The van der Waals surface area contributed by atoms with Crippen LogP contribution in [0.1, 0.15) is 34.3 Å². The Labute approximate surface area is 118 Å². The Balaban J connectivity index is 3.15. The number of methoxy groups -OCH3 is 1. The first-order valence-electron chi connectivity index (χ1n) is 5.61. The zero-order valence-electron chi connectivity index (χ0n) is 10.8. The van der Waals surface area contributed by atoms with Crippen molar-refractivity contribution in [3.63, 3.8) is 0 Å². The molecule has 0 unspecified atom stereocenters. The molecule has 0 radical (unpaired) electrons. The molecule has 106 valence electrons. The molecule has 0 aliphatic heterocycles. The fourth-order valence-electron chi connectivity index (χ4n) is 1.83. The van der Waals surface area contributed by atoms with Crippen molar-refractivity contribution >= 4 is 21.7 Å². The summed E-state index contributed by atoms with van der Waals surface area (Å²) in [4.78, 5) is 12.0. The molecule has 0 atom stereocenters. The van der Waals surface area contributed by atoms with Gasteiger partial charge in [-0.25, -0.2) is 0 Å². The molecular weight excluding hydrogens is 325 g/mol. The third-order valence-corrected chi connectivity index (χ3v) is 3.60. The van der Waals surface area contributed by atoms with Crippen LogP contribution < -0.4 is 4.74 Å². The third-order valence-electron chi connectivity index (χ3n) is 2.78. The van der Waals surface area contributed by atoms with Crippen molar-refractivity contribution in [2.45, 2.75) is 32.9 Å². The van der Waals surface area contributed by atoms with Crippen LogP contribution in [0.25, 0.3) is 0 Å². The number of alkyl halides is 3. The Hall–Kier alpha value is -1.04. The Morgan fingerprint density at radius 3 is 2.42 bits per heavy atom. The van der Waals surface area contributed by atoms with E-state index in [0.717, 1.165) is 0 Å². The average molecular weight is 339 g/mol. The van der Waals surface area contributed by atoms with Crippen LogP contribution in [0, 0.1) is 13.8 Å². The summed E-state index contributed by atoms with van der Waals surface area (Å²) in [6, 6.07) is 1.77. The van der Waals surface area contributed by atoms with Crippen molar-refractivity contribution in [1.29, 1.82) is 0 Å². The molecule has 2 nitrogen and oxygen atoms in total. The highest BCUT2D eigenvalue weighted by atomic mass is 79.9. The molecule has 0 bridgehead atoms. The van der Waals surface area contributed by atoms with Crippen LogP contribution in [0.4, 0.5) is 13.2 Å². The second-order valence-corrected chi connectivity index (χ2v) is 5.10. The predicted molar refractivity (Wildman–Crippen MR) is 69.8 cm³/mol. The second kappa shape index (κ2) is 5.94. The van der Waals surface area contributed by atoms with Crippen molar-refractivity contribution in [2.75, 3.05) is 7.11 Å². The monoisotopic (exact) mass is 338 g/mol. The highest BCUT2D eigenvalue weighted by molar-refractivity contribution is 9.10. The summed E-state index contributed by atoms with van der Waals surface area (Å²) in [5.74, 6) is -0.219. The van der Waals surface area contributed by atoms with Gasteiger partial charge in [0.1, 0.15) is 5.75 Å². The molecule has 1 aromatic rings. The minimum atomic E-state index is -4.34. The van der Waals surface area contributed by atoms with Gasteiger partial charge in [-0.3, -0.25) is 4.79 Å². The number of carbonyl (C=O) groups excluding carboxylic acids is 1. The lowest BCUT2D eigenvalue weighted by atomic mass is 9.97. The molecule has 1 aromatic carbocycles. The van der Waals surface area contributed by atoms with Crippen molar-refractivity contribution in [1.82, 2.24) is 0 Å². The van der Waals surface area contributed by atoms with E-state index in [1.807, 2.05) is 0 Å². The molecule has 19 heavy (non-hydrogen) atoms. The maximum atomic E-state index is 12.2. The summed E-state index contributed by atoms with van der Waals surface area (Å²) in [5.41, 5.74) is 1.52. The van der Waals surface area contributed by atoms with Gasteiger partial charge in [-0.2, -0.15) is 13.2 Å². The second-order valence-electron chi connectivity index (χ2n) is 4.25. The van der Waals surface area contributed by atoms with E-state index < -0.39 is 24.8 Å². The molecule has 6 heteroatoms. The molecule has 0 aliphatic rings. The maximum Gasteiger partial charge on any atom is 0.389 e. The number of rotatable bonds is 4. The molecule has 0 aliphatic carbocycles. The van der Waals surface area contributed by atoms with Gasteiger partial charge in [-0.1, -0.05) is 15.9 Å². The van der Waals surface area contributed by atoms with Crippen LogP contribution in [0.5, 0.6) is 5.75 Å². The summed E-state index contributed by atoms with van der Waals surface area (Å²) >= 11 is 3.29. The molecule has 0 spiro atoms. The lowest BCUT2D eigenvalue weighted by Gasteiger charge is -2.15. The van der Waals surface area contributed by atoms with Gasteiger partial charge in [0.05, 0.1) is 19.1 Å². The van der Waals surface area contributed by atoms with Gasteiger partial charge in [0, 0.05) is 10.9 Å². The van der Waals surface area contributed by atoms with Crippen molar-refractivity contribution in [3.8, 4) is 5.75 Å². The molecule has 0 N–H and O–H groups in total. The number of aryl methyl sites for hydroxylation is 1. The Morgan fingerprint density at radius 2 is 1.95 bits per heavy atom. The van der Waals surface area contributed by atoms with Gasteiger partial charge in [0.15, 0.2) is 5.78 Å².